The van der Waals surface area contributed by atoms with Gasteiger partial charge in [-0.2, -0.15) is 0 Å². The molecule has 0 radical (unpaired) electrons. The van der Waals surface area contributed by atoms with Crippen LogP contribution in [-0.4, -0.2) is 33.7 Å². The third kappa shape index (κ3) is 6.97. The Morgan fingerprint density at radius 1 is 1.12 bits per heavy atom. The van der Waals surface area contributed by atoms with E-state index in [0.717, 1.165) is 11.3 Å². The molecule has 0 aliphatic carbocycles. The van der Waals surface area contributed by atoms with Crippen molar-refractivity contribution in [1.82, 2.24) is 5.32 Å². The monoisotopic (exact) mass is 361 g/mol. The number of hydrogen-bond donors (Lipinski definition) is 1. The minimum Gasteiger partial charge on any atom is -0.494 e. The molecule has 2 rings (SSSR count). The number of aryl methyl sites for hydroxylation is 1. The van der Waals surface area contributed by atoms with Crippen molar-refractivity contribution >= 4 is 15.7 Å². The molecule has 6 heteroatoms. The molecule has 134 valence electrons. The molecular formula is C19H23NO4S. The molecule has 1 amide bonds. The van der Waals surface area contributed by atoms with E-state index < -0.39 is 9.84 Å². The number of ether oxygens (including phenoxy) is 1. The summed E-state index contributed by atoms with van der Waals surface area (Å²) in [4.78, 5) is 12.1. The van der Waals surface area contributed by atoms with Crippen LogP contribution in [0.3, 0.4) is 0 Å². The first-order valence-electron chi connectivity index (χ1n) is 8.08. The highest BCUT2D eigenvalue weighted by molar-refractivity contribution is 7.89. The van der Waals surface area contributed by atoms with Crippen LogP contribution >= 0.6 is 0 Å². The van der Waals surface area contributed by atoms with Crippen molar-refractivity contribution in [3.8, 4) is 5.75 Å². The second-order valence-corrected chi connectivity index (χ2v) is 8.19. The van der Waals surface area contributed by atoms with Crippen molar-refractivity contribution in [2.45, 2.75) is 19.1 Å². The zero-order valence-corrected chi connectivity index (χ0v) is 15.3. The molecule has 0 heterocycles. The first-order chi connectivity index (χ1) is 11.8. The third-order valence-electron chi connectivity index (χ3n) is 3.48. The molecule has 25 heavy (non-hydrogen) atoms. The molecule has 1 N–H and O–H groups in total. The van der Waals surface area contributed by atoms with Gasteiger partial charge >= 0.3 is 0 Å². The lowest BCUT2D eigenvalue weighted by Crippen LogP contribution is -2.25. The summed E-state index contributed by atoms with van der Waals surface area (Å²) in [6.07, 6.45) is 1.86. The fourth-order valence-corrected chi connectivity index (χ4v) is 3.16. The molecule has 0 fully saturated rings. The SMILES string of the molecule is Cc1cccc(OCCCNC(=O)c2cccc(CS(C)(=O)=O)c2)c1. The van der Waals surface area contributed by atoms with Gasteiger partial charge in [0.2, 0.25) is 0 Å². The number of benzene rings is 2. The van der Waals surface area contributed by atoms with Gasteiger partial charge in [0.25, 0.3) is 5.91 Å². The summed E-state index contributed by atoms with van der Waals surface area (Å²) in [6, 6.07) is 14.5. The van der Waals surface area contributed by atoms with Gasteiger partial charge in [-0.1, -0.05) is 24.3 Å². The van der Waals surface area contributed by atoms with E-state index in [4.69, 9.17) is 4.74 Å². The molecule has 0 atom stereocenters. The predicted molar refractivity (Wildman–Crippen MR) is 98.6 cm³/mol. The highest BCUT2D eigenvalue weighted by Crippen LogP contribution is 2.12. The molecular weight excluding hydrogens is 338 g/mol. The van der Waals surface area contributed by atoms with Gasteiger partial charge in [-0.05, 0) is 48.7 Å². The van der Waals surface area contributed by atoms with Crippen LogP contribution < -0.4 is 10.1 Å². The molecule has 0 aliphatic rings. The minimum atomic E-state index is -3.12. The fourth-order valence-electron chi connectivity index (χ4n) is 2.38. The van der Waals surface area contributed by atoms with Gasteiger partial charge in [0.1, 0.15) is 5.75 Å². The largest absolute Gasteiger partial charge is 0.494 e. The lowest BCUT2D eigenvalue weighted by molar-refractivity contribution is 0.0951. The Morgan fingerprint density at radius 2 is 1.88 bits per heavy atom. The van der Waals surface area contributed by atoms with Crippen LogP contribution in [0.2, 0.25) is 0 Å². The van der Waals surface area contributed by atoms with Crippen molar-refractivity contribution in [2.75, 3.05) is 19.4 Å². The van der Waals surface area contributed by atoms with Crippen molar-refractivity contribution in [1.29, 1.82) is 0 Å². The summed E-state index contributed by atoms with van der Waals surface area (Å²) in [6.45, 7) is 3.00. The van der Waals surface area contributed by atoms with Crippen molar-refractivity contribution in [3.63, 3.8) is 0 Å². The maximum absolute atomic E-state index is 12.1. The average molecular weight is 361 g/mol. The van der Waals surface area contributed by atoms with Gasteiger partial charge in [-0.3, -0.25) is 4.79 Å². The van der Waals surface area contributed by atoms with Crippen LogP contribution in [0.1, 0.15) is 27.9 Å². The van der Waals surface area contributed by atoms with Gasteiger partial charge in [0.05, 0.1) is 12.4 Å². The molecule has 0 aromatic heterocycles. The summed E-state index contributed by atoms with van der Waals surface area (Å²) >= 11 is 0. The summed E-state index contributed by atoms with van der Waals surface area (Å²) in [5, 5.41) is 2.82. The Morgan fingerprint density at radius 3 is 2.60 bits per heavy atom. The molecule has 2 aromatic rings. The van der Waals surface area contributed by atoms with Gasteiger partial charge in [0.15, 0.2) is 9.84 Å². The van der Waals surface area contributed by atoms with Gasteiger partial charge < -0.3 is 10.1 Å². The van der Waals surface area contributed by atoms with E-state index in [2.05, 4.69) is 5.32 Å². The molecule has 0 bridgehead atoms. The molecule has 0 saturated heterocycles. The van der Waals surface area contributed by atoms with E-state index >= 15 is 0 Å². The average Bonchev–Trinajstić information content (AvgIpc) is 2.53. The normalized spacial score (nSPS) is 11.1. The molecule has 0 aliphatic heterocycles. The molecule has 0 spiro atoms. The molecule has 2 aromatic carbocycles. The summed E-state index contributed by atoms with van der Waals surface area (Å²) in [5.41, 5.74) is 2.21. The molecule has 5 nitrogen and oxygen atoms in total. The predicted octanol–water partition coefficient (Wildman–Crippen LogP) is 2.74. The van der Waals surface area contributed by atoms with Gasteiger partial charge in [-0.15, -0.1) is 0 Å². The van der Waals surface area contributed by atoms with E-state index in [1.807, 2.05) is 31.2 Å². The third-order valence-corrected chi connectivity index (χ3v) is 4.34. The van der Waals surface area contributed by atoms with E-state index in [1.54, 1.807) is 24.3 Å². The lowest BCUT2D eigenvalue weighted by atomic mass is 10.1. The highest BCUT2D eigenvalue weighted by atomic mass is 32.2. The number of amides is 1. The quantitative estimate of drug-likeness (QED) is 0.734. The first-order valence-corrected chi connectivity index (χ1v) is 10.1. The minimum absolute atomic E-state index is 0.0710. The van der Waals surface area contributed by atoms with Crippen LogP contribution in [0, 0.1) is 6.92 Å². The topological polar surface area (TPSA) is 72.5 Å². The Balaban J connectivity index is 1.77. The Bertz CT molecular complexity index is 831. The van der Waals surface area contributed by atoms with E-state index in [0.29, 0.717) is 30.7 Å². The van der Waals surface area contributed by atoms with Gasteiger partial charge in [-0.25, -0.2) is 8.42 Å². The first kappa shape index (κ1) is 19.0. The lowest BCUT2D eigenvalue weighted by Gasteiger charge is -2.09. The Kier molecular flexibility index (Phi) is 6.58. The Hall–Kier alpha value is -2.34. The maximum Gasteiger partial charge on any atom is 0.251 e. The van der Waals surface area contributed by atoms with Crippen LogP contribution in [0.5, 0.6) is 5.75 Å². The summed E-state index contributed by atoms with van der Waals surface area (Å²) in [7, 11) is -3.12. The zero-order chi connectivity index (χ0) is 18.3. The van der Waals surface area contributed by atoms with Crippen molar-refractivity contribution in [3.05, 3.63) is 65.2 Å². The van der Waals surface area contributed by atoms with Gasteiger partial charge in [0, 0.05) is 18.4 Å². The molecule has 0 saturated carbocycles. The van der Waals surface area contributed by atoms with Crippen LogP contribution in [0.15, 0.2) is 48.5 Å². The molecule has 0 unspecified atom stereocenters. The summed E-state index contributed by atoms with van der Waals surface area (Å²) in [5.74, 6) is 0.532. The van der Waals surface area contributed by atoms with E-state index in [1.165, 1.54) is 6.26 Å². The second kappa shape index (κ2) is 8.67. The van der Waals surface area contributed by atoms with Crippen LogP contribution in [0.4, 0.5) is 0 Å². The second-order valence-electron chi connectivity index (χ2n) is 6.04. The van der Waals surface area contributed by atoms with E-state index in [-0.39, 0.29) is 11.7 Å². The summed E-state index contributed by atoms with van der Waals surface area (Å²) < 4.78 is 28.3. The highest BCUT2D eigenvalue weighted by Gasteiger charge is 2.09. The fraction of sp³-hybridized carbons (Fsp3) is 0.316. The smallest absolute Gasteiger partial charge is 0.251 e. The van der Waals surface area contributed by atoms with Crippen LogP contribution in [-0.2, 0) is 15.6 Å². The Labute approximate surface area is 148 Å². The number of carbonyl (C=O) groups is 1. The standard InChI is InChI=1S/C19H23NO4S/c1-15-6-3-9-18(12-15)24-11-5-10-20-19(21)17-8-4-7-16(13-17)14-25(2,22)23/h3-4,6-9,12-13H,5,10-11,14H2,1-2H3,(H,20,21). The zero-order valence-electron chi connectivity index (χ0n) is 14.5. The van der Waals surface area contributed by atoms with Crippen LogP contribution in [0.25, 0.3) is 0 Å². The number of hydrogen-bond acceptors (Lipinski definition) is 4. The van der Waals surface area contributed by atoms with E-state index in [9.17, 15) is 13.2 Å². The number of sulfone groups is 1. The number of nitrogens with one attached hydrogen (secondary N) is 1. The number of carbonyl (C=O) groups excluding carboxylic acids is 1. The number of rotatable bonds is 8. The van der Waals surface area contributed by atoms with Crippen molar-refractivity contribution < 1.29 is 17.9 Å². The maximum atomic E-state index is 12.1. The van der Waals surface area contributed by atoms with Crippen molar-refractivity contribution in [2.24, 2.45) is 0 Å².